The van der Waals surface area contributed by atoms with E-state index in [4.69, 9.17) is 4.74 Å². The van der Waals surface area contributed by atoms with Crippen LogP contribution >= 0.6 is 0 Å². The van der Waals surface area contributed by atoms with Crippen LogP contribution in [0.4, 0.5) is 4.39 Å². The maximum absolute atomic E-state index is 13.7. The fourth-order valence-electron chi connectivity index (χ4n) is 4.51. The van der Waals surface area contributed by atoms with Gasteiger partial charge in [-0.1, -0.05) is 12.1 Å². The standard InChI is InChI=1S/C28H28FN5O5/c1-27(2,12-30)13-32-26(38)28(3)14-34-21-20(22(35)19(25(34)37)24(36)33-18-8-9-18)31-11-16(23(21)39-28)10-15-4-6-17(29)7-5-15/h4-7,11,18,35H,8-10,13-14H2,1-3H3,(H,32,38)(H,33,36). The molecule has 1 aromatic carbocycles. The lowest BCUT2D eigenvalue weighted by Gasteiger charge is -2.36. The first-order valence-corrected chi connectivity index (χ1v) is 12.6. The molecule has 2 aliphatic rings. The summed E-state index contributed by atoms with van der Waals surface area (Å²) in [7, 11) is 0. The second-order valence-corrected chi connectivity index (χ2v) is 11.0. The lowest BCUT2D eigenvalue weighted by atomic mass is 9.94. The van der Waals surface area contributed by atoms with Crippen LogP contribution in [0.1, 0.15) is 55.1 Å². The summed E-state index contributed by atoms with van der Waals surface area (Å²) < 4.78 is 21.0. The Hall–Kier alpha value is -4.46. The highest BCUT2D eigenvalue weighted by Crippen LogP contribution is 2.40. The van der Waals surface area contributed by atoms with Gasteiger partial charge < -0.3 is 20.5 Å². The van der Waals surface area contributed by atoms with Crippen molar-refractivity contribution in [3.63, 3.8) is 0 Å². The summed E-state index contributed by atoms with van der Waals surface area (Å²) in [5.74, 6) is -2.08. The summed E-state index contributed by atoms with van der Waals surface area (Å²) in [4.78, 5) is 44.4. The van der Waals surface area contributed by atoms with Crippen molar-refractivity contribution in [3.05, 3.63) is 63.3 Å². The number of aromatic hydroxyl groups is 1. The first kappa shape index (κ1) is 26.2. The summed E-state index contributed by atoms with van der Waals surface area (Å²) >= 11 is 0. The van der Waals surface area contributed by atoms with Crippen molar-refractivity contribution in [2.75, 3.05) is 6.54 Å². The van der Waals surface area contributed by atoms with Crippen molar-refractivity contribution in [2.45, 2.75) is 58.2 Å². The number of carbonyl (C=O) groups excluding carboxylic acids is 2. The van der Waals surface area contributed by atoms with Crippen molar-refractivity contribution in [3.8, 4) is 17.6 Å². The van der Waals surface area contributed by atoms with Crippen LogP contribution in [0.5, 0.6) is 11.5 Å². The maximum Gasteiger partial charge on any atom is 0.268 e. The Labute approximate surface area is 223 Å². The van der Waals surface area contributed by atoms with Gasteiger partial charge in [0.15, 0.2) is 11.5 Å². The van der Waals surface area contributed by atoms with Gasteiger partial charge in [0.1, 0.15) is 22.4 Å². The van der Waals surface area contributed by atoms with E-state index in [0.29, 0.717) is 5.56 Å². The van der Waals surface area contributed by atoms with E-state index in [2.05, 4.69) is 21.7 Å². The van der Waals surface area contributed by atoms with Crippen LogP contribution in [-0.2, 0) is 17.8 Å². The van der Waals surface area contributed by atoms with E-state index in [9.17, 15) is 29.1 Å². The fourth-order valence-corrected chi connectivity index (χ4v) is 4.51. The van der Waals surface area contributed by atoms with Crippen LogP contribution in [0.3, 0.4) is 0 Å². The zero-order chi connectivity index (χ0) is 28.1. The molecule has 11 heteroatoms. The van der Waals surface area contributed by atoms with Gasteiger partial charge in [-0.25, -0.2) is 4.39 Å². The number of nitriles is 1. The molecule has 3 aromatic rings. The minimum absolute atomic E-state index is 0.0125. The van der Waals surface area contributed by atoms with Crippen LogP contribution in [0.2, 0.25) is 0 Å². The number of carbonyl (C=O) groups is 2. The molecular formula is C28H28FN5O5. The molecular weight excluding hydrogens is 505 g/mol. The maximum atomic E-state index is 13.7. The number of rotatable bonds is 7. The van der Waals surface area contributed by atoms with Crippen molar-refractivity contribution in [1.29, 1.82) is 5.26 Å². The Kier molecular flexibility index (Phi) is 6.29. The molecule has 5 rings (SSSR count). The van der Waals surface area contributed by atoms with E-state index in [1.807, 2.05) is 0 Å². The monoisotopic (exact) mass is 533 g/mol. The van der Waals surface area contributed by atoms with Crippen molar-refractivity contribution >= 4 is 22.8 Å². The lowest BCUT2D eigenvalue weighted by molar-refractivity contribution is -0.137. The second-order valence-electron chi connectivity index (χ2n) is 11.0. The molecule has 1 fully saturated rings. The van der Waals surface area contributed by atoms with Crippen LogP contribution in [-0.4, -0.2) is 44.7 Å². The largest absolute Gasteiger partial charge is 0.505 e. The molecule has 0 spiro atoms. The van der Waals surface area contributed by atoms with E-state index >= 15 is 0 Å². The van der Waals surface area contributed by atoms with Gasteiger partial charge in [0.2, 0.25) is 5.60 Å². The first-order valence-electron chi connectivity index (χ1n) is 12.6. The van der Waals surface area contributed by atoms with Crippen molar-refractivity contribution in [1.82, 2.24) is 20.2 Å². The predicted octanol–water partition coefficient (Wildman–Crippen LogP) is 2.54. The Morgan fingerprint density at radius 2 is 2.00 bits per heavy atom. The zero-order valence-corrected chi connectivity index (χ0v) is 21.8. The molecule has 1 saturated carbocycles. The van der Waals surface area contributed by atoms with Gasteiger partial charge in [-0.2, -0.15) is 5.26 Å². The van der Waals surface area contributed by atoms with Crippen LogP contribution < -0.4 is 20.9 Å². The average Bonchev–Trinajstić information content (AvgIpc) is 3.71. The van der Waals surface area contributed by atoms with Crippen molar-refractivity contribution < 1.29 is 23.8 Å². The van der Waals surface area contributed by atoms with Crippen LogP contribution in [0, 0.1) is 22.6 Å². The molecule has 1 atom stereocenters. The quantitative estimate of drug-likeness (QED) is 0.423. The number of nitrogens with zero attached hydrogens (tertiary/aromatic N) is 3. The summed E-state index contributed by atoms with van der Waals surface area (Å²) in [5.41, 5.74) is -2.31. The number of aromatic nitrogens is 2. The average molecular weight is 534 g/mol. The normalized spacial score (nSPS) is 18.2. The summed E-state index contributed by atoms with van der Waals surface area (Å²) in [6.07, 6.45) is 3.25. The van der Waals surface area contributed by atoms with Crippen molar-refractivity contribution in [2.24, 2.45) is 5.41 Å². The fraction of sp³-hybridized carbons (Fsp3) is 0.393. The third-order valence-electron chi connectivity index (χ3n) is 6.98. The minimum Gasteiger partial charge on any atom is -0.505 e. The minimum atomic E-state index is -1.60. The predicted molar refractivity (Wildman–Crippen MR) is 139 cm³/mol. The highest BCUT2D eigenvalue weighted by molar-refractivity contribution is 6.03. The molecule has 2 aromatic heterocycles. The van der Waals surface area contributed by atoms with E-state index in [1.165, 1.54) is 29.8 Å². The zero-order valence-electron chi connectivity index (χ0n) is 21.8. The molecule has 0 radical (unpaired) electrons. The lowest BCUT2D eigenvalue weighted by Crippen LogP contribution is -2.56. The molecule has 1 aliphatic carbocycles. The number of pyridine rings is 2. The number of ether oxygens (including phenoxy) is 1. The van der Waals surface area contributed by atoms with Gasteiger partial charge >= 0.3 is 0 Å². The van der Waals surface area contributed by atoms with Gasteiger partial charge in [0.25, 0.3) is 17.4 Å². The van der Waals surface area contributed by atoms with Gasteiger partial charge in [-0.3, -0.25) is 23.9 Å². The molecule has 0 bridgehead atoms. The number of nitrogens with one attached hydrogen (secondary N) is 2. The first-order chi connectivity index (χ1) is 18.4. The van der Waals surface area contributed by atoms with Gasteiger partial charge in [-0.15, -0.1) is 0 Å². The molecule has 1 aliphatic heterocycles. The highest BCUT2D eigenvalue weighted by Gasteiger charge is 2.44. The highest BCUT2D eigenvalue weighted by atomic mass is 19.1. The Balaban J connectivity index is 1.64. The number of amides is 2. The van der Waals surface area contributed by atoms with Gasteiger partial charge in [-0.05, 0) is 51.3 Å². The number of hydrogen-bond donors (Lipinski definition) is 3. The van der Waals surface area contributed by atoms with Crippen LogP contribution in [0.15, 0.2) is 35.3 Å². The summed E-state index contributed by atoms with van der Waals surface area (Å²) in [5, 5.41) is 25.8. The SMILES string of the molecule is CC(C)(C#N)CNC(=O)C1(C)Cn2c(=O)c(C(=O)NC3CC3)c(O)c3ncc(Cc4ccc(F)cc4)c(c32)O1. The topological polar surface area (TPSA) is 146 Å². The Morgan fingerprint density at radius 3 is 2.64 bits per heavy atom. The second kappa shape index (κ2) is 9.38. The molecule has 1 unspecified atom stereocenters. The number of benzene rings is 1. The van der Waals surface area contributed by atoms with E-state index in [-0.39, 0.29) is 42.3 Å². The molecule has 202 valence electrons. The van der Waals surface area contributed by atoms with Gasteiger partial charge in [0.05, 0.1) is 18.0 Å². The molecule has 0 saturated heterocycles. The molecule has 3 N–H and O–H groups in total. The third kappa shape index (κ3) is 4.90. The Morgan fingerprint density at radius 1 is 1.31 bits per heavy atom. The van der Waals surface area contributed by atoms with Crippen LogP contribution in [0.25, 0.3) is 11.0 Å². The summed E-state index contributed by atoms with van der Waals surface area (Å²) in [6, 6.07) is 7.89. The summed E-state index contributed by atoms with van der Waals surface area (Å²) in [6.45, 7) is 4.65. The Bertz CT molecular complexity index is 1600. The molecule has 3 heterocycles. The van der Waals surface area contributed by atoms with Gasteiger partial charge in [0, 0.05) is 30.8 Å². The number of halogens is 1. The molecule has 39 heavy (non-hydrogen) atoms. The molecule has 10 nitrogen and oxygen atoms in total. The van der Waals surface area contributed by atoms with E-state index < -0.39 is 45.5 Å². The van der Waals surface area contributed by atoms with E-state index in [0.717, 1.165) is 18.4 Å². The van der Waals surface area contributed by atoms with E-state index in [1.54, 1.807) is 26.0 Å². The smallest absolute Gasteiger partial charge is 0.268 e. The molecule has 2 amide bonds. The number of hydrogen-bond acceptors (Lipinski definition) is 7. The third-order valence-corrected chi connectivity index (χ3v) is 6.98.